The topological polar surface area (TPSA) is 65.1 Å². The molecule has 130 valence electrons. The minimum atomic E-state index is -0.630. The van der Waals surface area contributed by atoms with Crippen molar-refractivity contribution < 1.29 is 23.8 Å². The van der Waals surface area contributed by atoms with Crippen LogP contribution >= 0.6 is 0 Å². The fraction of sp³-hybridized carbons (Fsp3) is 0.263. The van der Waals surface area contributed by atoms with E-state index in [0.717, 1.165) is 10.5 Å². The van der Waals surface area contributed by atoms with E-state index < -0.39 is 12.0 Å². The summed E-state index contributed by atoms with van der Waals surface area (Å²) in [6.45, 7) is -0.0745. The second-order valence-electron chi connectivity index (χ2n) is 5.62. The summed E-state index contributed by atoms with van der Waals surface area (Å²) >= 11 is 0. The molecule has 0 N–H and O–H groups in total. The smallest absolute Gasteiger partial charge is 0.417 e. The van der Waals surface area contributed by atoms with E-state index in [1.165, 1.54) is 7.11 Å². The van der Waals surface area contributed by atoms with Gasteiger partial charge in [-0.05, 0) is 24.1 Å². The first kappa shape index (κ1) is 16.8. The van der Waals surface area contributed by atoms with Crippen molar-refractivity contribution in [1.29, 1.82) is 0 Å². The maximum atomic E-state index is 12.5. The second kappa shape index (κ2) is 7.70. The Labute approximate surface area is 145 Å². The molecule has 0 aliphatic carbocycles. The minimum absolute atomic E-state index is 0.189. The number of rotatable bonds is 6. The van der Waals surface area contributed by atoms with Crippen LogP contribution < -0.4 is 9.47 Å². The molecule has 0 saturated carbocycles. The zero-order valence-corrected chi connectivity index (χ0v) is 13.9. The van der Waals surface area contributed by atoms with Crippen LogP contribution in [0, 0.1) is 0 Å². The van der Waals surface area contributed by atoms with Crippen molar-refractivity contribution in [1.82, 2.24) is 4.90 Å². The normalized spacial score (nSPS) is 16.4. The molecule has 0 aromatic heterocycles. The van der Waals surface area contributed by atoms with Crippen LogP contribution in [0.15, 0.2) is 54.6 Å². The van der Waals surface area contributed by atoms with E-state index >= 15 is 0 Å². The summed E-state index contributed by atoms with van der Waals surface area (Å²) in [7, 11) is 1.53. The van der Waals surface area contributed by atoms with Gasteiger partial charge in [-0.25, -0.2) is 9.69 Å². The number of carbonyl (C=O) groups is 2. The minimum Gasteiger partial charge on any atom is -0.493 e. The zero-order valence-electron chi connectivity index (χ0n) is 13.9. The van der Waals surface area contributed by atoms with E-state index in [1.807, 2.05) is 30.3 Å². The zero-order chi connectivity index (χ0) is 17.6. The van der Waals surface area contributed by atoms with E-state index in [1.54, 1.807) is 24.3 Å². The Morgan fingerprint density at radius 3 is 2.52 bits per heavy atom. The molecule has 25 heavy (non-hydrogen) atoms. The number of carbonyl (C=O) groups excluding carboxylic acids is 2. The number of amides is 2. The van der Waals surface area contributed by atoms with Crippen molar-refractivity contribution in [3.63, 3.8) is 0 Å². The molecule has 2 aromatic rings. The highest BCUT2D eigenvalue weighted by Gasteiger charge is 2.38. The van der Waals surface area contributed by atoms with E-state index in [-0.39, 0.29) is 19.3 Å². The molecule has 2 amide bonds. The Bertz CT molecular complexity index is 746. The summed E-state index contributed by atoms with van der Waals surface area (Å²) in [5.41, 5.74) is 1.04. The van der Waals surface area contributed by atoms with Crippen LogP contribution in [0.1, 0.15) is 5.56 Å². The van der Waals surface area contributed by atoms with Gasteiger partial charge in [-0.15, -0.1) is 0 Å². The Kier molecular flexibility index (Phi) is 5.18. The monoisotopic (exact) mass is 341 g/mol. The van der Waals surface area contributed by atoms with Crippen molar-refractivity contribution in [3.05, 3.63) is 60.2 Å². The van der Waals surface area contributed by atoms with Gasteiger partial charge in [-0.1, -0.05) is 42.5 Å². The van der Waals surface area contributed by atoms with Gasteiger partial charge in [0, 0.05) is 0 Å². The lowest BCUT2D eigenvalue weighted by Crippen LogP contribution is -2.42. The summed E-state index contributed by atoms with van der Waals surface area (Å²) in [6.07, 6.45) is -0.0814. The van der Waals surface area contributed by atoms with Crippen molar-refractivity contribution in [2.45, 2.75) is 12.5 Å². The summed E-state index contributed by atoms with van der Waals surface area (Å²) in [4.78, 5) is 25.6. The summed E-state index contributed by atoms with van der Waals surface area (Å²) in [6, 6.07) is 16.4. The Balaban J connectivity index is 1.65. The first-order chi connectivity index (χ1) is 12.2. The third kappa shape index (κ3) is 3.91. The van der Waals surface area contributed by atoms with E-state index in [4.69, 9.17) is 14.2 Å². The molecular weight excluding hydrogens is 322 g/mol. The van der Waals surface area contributed by atoms with Gasteiger partial charge < -0.3 is 14.2 Å². The van der Waals surface area contributed by atoms with Gasteiger partial charge in [0.2, 0.25) is 0 Å². The Morgan fingerprint density at radius 2 is 1.80 bits per heavy atom. The number of para-hydroxylation sites is 2. The first-order valence-corrected chi connectivity index (χ1v) is 7.97. The van der Waals surface area contributed by atoms with Gasteiger partial charge in [0.1, 0.15) is 6.61 Å². The molecule has 1 heterocycles. The number of ether oxygens (including phenoxy) is 3. The maximum absolute atomic E-state index is 12.5. The van der Waals surface area contributed by atoms with Crippen LogP contribution in [0.25, 0.3) is 0 Å². The number of hydrogen-bond acceptors (Lipinski definition) is 5. The summed E-state index contributed by atoms with van der Waals surface area (Å²) < 4.78 is 15.8. The molecule has 0 unspecified atom stereocenters. The van der Waals surface area contributed by atoms with Crippen molar-refractivity contribution in [3.8, 4) is 11.5 Å². The van der Waals surface area contributed by atoms with Gasteiger partial charge in [0.25, 0.3) is 5.91 Å². The molecule has 1 aliphatic rings. The lowest BCUT2D eigenvalue weighted by Gasteiger charge is -2.20. The number of cyclic esters (lactones) is 1. The molecule has 3 rings (SSSR count). The largest absolute Gasteiger partial charge is 0.493 e. The van der Waals surface area contributed by atoms with Gasteiger partial charge in [-0.2, -0.15) is 0 Å². The molecule has 1 saturated heterocycles. The van der Waals surface area contributed by atoms with Crippen LogP contribution in [-0.2, 0) is 16.0 Å². The molecule has 0 spiro atoms. The second-order valence-corrected chi connectivity index (χ2v) is 5.62. The van der Waals surface area contributed by atoms with Crippen molar-refractivity contribution in [2.75, 3.05) is 20.3 Å². The summed E-state index contributed by atoms with van der Waals surface area (Å²) in [5, 5.41) is 0. The van der Waals surface area contributed by atoms with Gasteiger partial charge in [0.05, 0.1) is 13.2 Å². The third-order valence-corrected chi connectivity index (χ3v) is 3.96. The highest BCUT2D eigenvalue weighted by atomic mass is 16.6. The molecular formula is C19H19NO5. The molecule has 1 atom stereocenters. The number of hydrogen-bond donors (Lipinski definition) is 0. The van der Waals surface area contributed by atoms with Crippen LogP contribution in [-0.4, -0.2) is 43.3 Å². The lowest BCUT2D eigenvalue weighted by atomic mass is 10.1. The van der Waals surface area contributed by atoms with Crippen LogP contribution in [0.4, 0.5) is 4.79 Å². The first-order valence-electron chi connectivity index (χ1n) is 7.97. The van der Waals surface area contributed by atoms with Crippen molar-refractivity contribution in [2.24, 2.45) is 0 Å². The van der Waals surface area contributed by atoms with Crippen LogP contribution in [0.3, 0.4) is 0 Å². The van der Waals surface area contributed by atoms with Crippen molar-refractivity contribution >= 4 is 12.0 Å². The number of methoxy groups -OCH3 is 1. The van der Waals surface area contributed by atoms with Crippen LogP contribution in [0.5, 0.6) is 11.5 Å². The van der Waals surface area contributed by atoms with E-state index in [0.29, 0.717) is 17.9 Å². The quantitative estimate of drug-likeness (QED) is 0.808. The molecule has 1 fully saturated rings. The predicted octanol–water partition coefficient (Wildman–Crippen LogP) is 2.66. The maximum Gasteiger partial charge on any atom is 0.417 e. The van der Waals surface area contributed by atoms with Gasteiger partial charge in [0.15, 0.2) is 18.1 Å². The van der Waals surface area contributed by atoms with E-state index in [2.05, 4.69) is 0 Å². The Hall–Kier alpha value is -3.02. The molecule has 6 heteroatoms. The average molecular weight is 341 g/mol. The van der Waals surface area contributed by atoms with Gasteiger partial charge >= 0.3 is 6.09 Å². The average Bonchev–Trinajstić information content (AvgIpc) is 3.01. The fourth-order valence-corrected chi connectivity index (χ4v) is 2.75. The predicted molar refractivity (Wildman–Crippen MR) is 90.6 cm³/mol. The molecule has 0 radical (unpaired) electrons. The lowest BCUT2D eigenvalue weighted by molar-refractivity contribution is -0.131. The number of nitrogens with zero attached hydrogens (tertiary/aromatic N) is 1. The molecule has 1 aliphatic heterocycles. The Morgan fingerprint density at radius 1 is 1.12 bits per heavy atom. The summed E-state index contributed by atoms with van der Waals surface area (Å²) in [5.74, 6) is 0.542. The SMILES string of the molecule is COc1ccccc1OCC(=O)N1C(=O)OC[C@@H]1Cc1ccccc1. The molecule has 2 aromatic carbocycles. The molecule has 0 bridgehead atoms. The highest BCUT2D eigenvalue weighted by molar-refractivity contribution is 5.94. The molecule has 6 nitrogen and oxygen atoms in total. The van der Waals surface area contributed by atoms with E-state index in [9.17, 15) is 9.59 Å². The standard InChI is InChI=1S/C19H19NO5/c1-23-16-9-5-6-10-17(16)24-13-18(21)20-15(12-25-19(20)22)11-14-7-3-2-4-8-14/h2-10,15H,11-13H2,1H3/t15-/m0/s1. The number of benzene rings is 2. The third-order valence-electron chi connectivity index (χ3n) is 3.96. The van der Waals surface area contributed by atoms with Crippen LogP contribution in [0.2, 0.25) is 0 Å². The fourth-order valence-electron chi connectivity index (χ4n) is 2.75. The van der Waals surface area contributed by atoms with Gasteiger partial charge in [-0.3, -0.25) is 4.79 Å². The number of imide groups is 1. The highest BCUT2D eigenvalue weighted by Crippen LogP contribution is 2.26.